The Kier molecular flexibility index (Phi) is 9.63. The smallest absolute Gasteiger partial charge is 0.407 e. The molecule has 2 aromatic rings. The number of piperazine rings is 1. The second-order valence-electron chi connectivity index (χ2n) is 9.97. The molecular formula is C26H33F4N3O5S. The minimum absolute atomic E-state index is 0.0578. The molecule has 1 unspecified atom stereocenters. The molecule has 8 nitrogen and oxygen atoms in total. The van der Waals surface area contributed by atoms with Crippen molar-refractivity contribution in [3.8, 4) is 16.9 Å². The van der Waals surface area contributed by atoms with E-state index in [1.54, 1.807) is 13.8 Å². The van der Waals surface area contributed by atoms with Gasteiger partial charge in [-0.25, -0.2) is 12.8 Å². The molecule has 0 radical (unpaired) electrons. The highest BCUT2D eigenvalue weighted by atomic mass is 32.2. The zero-order valence-corrected chi connectivity index (χ0v) is 22.9. The summed E-state index contributed by atoms with van der Waals surface area (Å²) in [5.74, 6) is -2.55. The van der Waals surface area contributed by atoms with Crippen molar-refractivity contribution in [2.24, 2.45) is 5.92 Å². The highest BCUT2D eigenvalue weighted by molar-refractivity contribution is 7.89. The number of nitrogens with zero attached hydrogens (tertiary/aromatic N) is 2. The first-order chi connectivity index (χ1) is 18.1. The number of hydrogen-bond acceptors (Lipinski definition) is 7. The summed E-state index contributed by atoms with van der Waals surface area (Å²) in [5, 5.41) is 12.7. The summed E-state index contributed by atoms with van der Waals surface area (Å²) in [6.07, 6.45) is -4.82. The van der Waals surface area contributed by atoms with Crippen LogP contribution >= 0.6 is 0 Å². The molecule has 1 heterocycles. The fraction of sp³-hybridized carbons (Fsp3) is 0.500. The summed E-state index contributed by atoms with van der Waals surface area (Å²) < 4.78 is 89.6. The number of rotatable bonds is 9. The zero-order valence-electron chi connectivity index (χ0n) is 22.1. The second-order valence-corrected chi connectivity index (χ2v) is 11.9. The van der Waals surface area contributed by atoms with Crippen LogP contribution in [0.4, 0.5) is 17.6 Å². The number of carbonyl (C=O) groups is 1. The third-order valence-electron chi connectivity index (χ3n) is 6.57. The third-order valence-corrected chi connectivity index (χ3v) is 8.47. The van der Waals surface area contributed by atoms with Crippen molar-refractivity contribution in [2.45, 2.75) is 43.4 Å². The molecule has 13 heteroatoms. The summed E-state index contributed by atoms with van der Waals surface area (Å²) in [6.45, 7) is 5.05. The van der Waals surface area contributed by atoms with E-state index < -0.39 is 51.4 Å². The van der Waals surface area contributed by atoms with E-state index in [1.807, 2.05) is 11.9 Å². The van der Waals surface area contributed by atoms with E-state index in [2.05, 4.69) is 10.1 Å². The normalized spacial score (nSPS) is 17.3. The predicted octanol–water partition coefficient (Wildman–Crippen LogP) is 3.92. The van der Waals surface area contributed by atoms with Crippen molar-refractivity contribution in [2.75, 3.05) is 40.3 Å². The Labute approximate surface area is 225 Å². The molecule has 0 saturated carbocycles. The fourth-order valence-electron chi connectivity index (χ4n) is 4.43. The number of halogens is 4. The van der Waals surface area contributed by atoms with Crippen LogP contribution in [0, 0.1) is 11.7 Å². The van der Waals surface area contributed by atoms with Crippen molar-refractivity contribution in [3.05, 3.63) is 47.8 Å². The minimum Gasteiger partial charge on any atom is -0.507 e. The van der Waals surface area contributed by atoms with Gasteiger partial charge in [0.25, 0.3) is 0 Å². The van der Waals surface area contributed by atoms with E-state index >= 15 is 4.39 Å². The summed E-state index contributed by atoms with van der Waals surface area (Å²) in [4.78, 5) is 13.9. The van der Waals surface area contributed by atoms with Gasteiger partial charge in [-0.15, -0.1) is 0 Å². The number of phenolic OH excluding ortho intramolecular Hbond substituents is 1. The SMILES string of the molecule is COC(=O)[C@H](CC(C)C)NC(c1ccc(-c2cc(S(=O)(=O)N3CCN(C)CC3)ccc2O)c(F)c1)C(F)(F)F. The second kappa shape index (κ2) is 12.2. The first kappa shape index (κ1) is 30.8. The number of esters is 1. The number of hydrogen-bond donors (Lipinski definition) is 2. The highest BCUT2D eigenvalue weighted by Gasteiger charge is 2.43. The number of alkyl halides is 3. The standard InChI is InChI=1S/C26H33F4N3O5S/c1-16(2)13-22(25(35)38-4)31-24(26(28,29)30)17-5-7-19(21(27)14-17)20-15-18(6-8-23(20)34)39(36,37)33-11-9-32(3)10-12-33/h5-8,14-16,22,24,31,34H,9-13H2,1-4H3/t22-,24?/m0/s1. The summed E-state index contributed by atoms with van der Waals surface area (Å²) in [7, 11) is -1.01. The van der Waals surface area contributed by atoms with Crippen molar-refractivity contribution in [1.29, 1.82) is 0 Å². The molecule has 0 spiro atoms. The summed E-state index contributed by atoms with van der Waals surface area (Å²) >= 11 is 0. The van der Waals surface area contributed by atoms with E-state index in [0.29, 0.717) is 19.2 Å². The Morgan fingerprint density at radius 3 is 2.26 bits per heavy atom. The average Bonchev–Trinajstić information content (AvgIpc) is 2.85. The number of methoxy groups -OCH3 is 1. The maximum Gasteiger partial charge on any atom is 0.407 e. The zero-order chi connectivity index (χ0) is 29.1. The molecule has 1 aliphatic rings. The molecule has 3 rings (SSSR count). The van der Waals surface area contributed by atoms with Gasteiger partial charge in [0.1, 0.15) is 23.7 Å². The molecule has 1 aliphatic heterocycles. The first-order valence-corrected chi connectivity index (χ1v) is 13.8. The molecule has 2 aromatic carbocycles. The molecule has 39 heavy (non-hydrogen) atoms. The van der Waals surface area contributed by atoms with Crippen molar-refractivity contribution in [1.82, 2.24) is 14.5 Å². The summed E-state index contributed by atoms with van der Waals surface area (Å²) in [5.41, 5.74) is -0.959. The first-order valence-electron chi connectivity index (χ1n) is 12.4. The Hall–Kier alpha value is -2.74. The number of carbonyl (C=O) groups excluding carboxylic acids is 1. The van der Waals surface area contributed by atoms with Gasteiger partial charge < -0.3 is 14.7 Å². The van der Waals surface area contributed by atoms with Crippen LogP contribution in [0.25, 0.3) is 11.1 Å². The van der Waals surface area contributed by atoms with Crippen LogP contribution in [-0.4, -0.2) is 81.3 Å². The third kappa shape index (κ3) is 7.27. The Morgan fingerprint density at radius 1 is 1.08 bits per heavy atom. The Balaban J connectivity index is 1.97. The lowest BCUT2D eigenvalue weighted by Gasteiger charge is -2.31. The topological polar surface area (TPSA) is 99.2 Å². The predicted molar refractivity (Wildman–Crippen MR) is 137 cm³/mol. The van der Waals surface area contributed by atoms with E-state index in [-0.39, 0.29) is 41.5 Å². The van der Waals surface area contributed by atoms with Crippen molar-refractivity contribution >= 4 is 16.0 Å². The molecule has 0 aliphatic carbocycles. The maximum atomic E-state index is 15.3. The molecular weight excluding hydrogens is 542 g/mol. The number of phenols is 1. The van der Waals surface area contributed by atoms with Gasteiger partial charge in [-0.2, -0.15) is 17.5 Å². The van der Waals surface area contributed by atoms with E-state index in [1.165, 1.54) is 10.4 Å². The van der Waals surface area contributed by atoms with Gasteiger partial charge >= 0.3 is 12.1 Å². The molecule has 216 valence electrons. The number of sulfonamides is 1. The average molecular weight is 576 g/mol. The number of likely N-dealkylation sites (N-methyl/N-ethyl adjacent to an activating group) is 1. The van der Waals surface area contributed by atoms with Gasteiger partial charge in [-0.1, -0.05) is 26.0 Å². The van der Waals surface area contributed by atoms with Crippen molar-refractivity contribution < 1.29 is 40.6 Å². The van der Waals surface area contributed by atoms with Gasteiger partial charge in [0.05, 0.1) is 12.0 Å². The molecule has 2 N–H and O–H groups in total. The molecule has 0 bridgehead atoms. The molecule has 2 atom stereocenters. The van der Waals surface area contributed by atoms with Crippen LogP contribution in [0.15, 0.2) is 41.3 Å². The Morgan fingerprint density at radius 2 is 1.72 bits per heavy atom. The van der Waals surface area contributed by atoms with E-state index in [9.17, 15) is 31.5 Å². The number of ether oxygens (including phenoxy) is 1. The largest absolute Gasteiger partial charge is 0.507 e. The number of nitrogens with one attached hydrogen (secondary N) is 1. The fourth-order valence-corrected chi connectivity index (χ4v) is 5.87. The molecule has 1 saturated heterocycles. The summed E-state index contributed by atoms with van der Waals surface area (Å²) in [6, 6.07) is 2.46. The maximum absolute atomic E-state index is 15.3. The number of benzene rings is 2. The molecule has 0 amide bonds. The van der Waals surface area contributed by atoms with Gasteiger partial charge in [-0.05, 0) is 49.2 Å². The van der Waals surface area contributed by atoms with Crippen LogP contribution in [0.3, 0.4) is 0 Å². The van der Waals surface area contributed by atoms with Crippen LogP contribution in [0.5, 0.6) is 5.75 Å². The van der Waals surface area contributed by atoms with Crippen LogP contribution in [-0.2, 0) is 19.6 Å². The Bertz CT molecular complexity index is 1280. The van der Waals surface area contributed by atoms with Crippen molar-refractivity contribution in [3.63, 3.8) is 0 Å². The monoisotopic (exact) mass is 575 g/mol. The minimum atomic E-state index is -4.88. The van der Waals surface area contributed by atoms with Gasteiger partial charge in [-0.3, -0.25) is 10.1 Å². The lowest BCUT2D eigenvalue weighted by Crippen LogP contribution is -2.47. The van der Waals surface area contributed by atoms with Crippen LogP contribution in [0.2, 0.25) is 0 Å². The quantitative estimate of drug-likeness (QED) is 0.346. The van der Waals surface area contributed by atoms with E-state index in [4.69, 9.17) is 0 Å². The van der Waals surface area contributed by atoms with Crippen LogP contribution < -0.4 is 5.32 Å². The lowest BCUT2D eigenvalue weighted by molar-refractivity contribution is -0.164. The van der Waals surface area contributed by atoms with Gasteiger partial charge in [0.2, 0.25) is 10.0 Å². The highest BCUT2D eigenvalue weighted by Crippen LogP contribution is 2.38. The number of aromatic hydroxyl groups is 1. The molecule has 0 aromatic heterocycles. The lowest BCUT2D eigenvalue weighted by atomic mass is 9.97. The van der Waals surface area contributed by atoms with Crippen LogP contribution in [0.1, 0.15) is 31.9 Å². The van der Waals surface area contributed by atoms with Gasteiger partial charge in [0, 0.05) is 37.3 Å². The van der Waals surface area contributed by atoms with E-state index in [0.717, 1.165) is 31.4 Å². The molecule has 1 fully saturated rings. The van der Waals surface area contributed by atoms with Gasteiger partial charge in [0.15, 0.2) is 0 Å².